The zero-order valence-electron chi connectivity index (χ0n) is 16.2. The molecule has 2 aromatic carbocycles. The van der Waals surface area contributed by atoms with Gasteiger partial charge in [0.1, 0.15) is 0 Å². The molecule has 5 heteroatoms. The van der Waals surface area contributed by atoms with Crippen molar-refractivity contribution in [1.29, 1.82) is 0 Å². The van der Waals surface area contributed by atoms with Crippen molar-refractivity contribution >= 4 is 17.4 Å². The standard InChI is InChI=1S/C23H26N2O3/c1-17-9-11-18(12-10-17)21(26)15-23(28)19-7-3-4-8-20(19)25(22(23)27)16-24-13-5-2-6-14-24/h3-4,7-12,28H,2,5-6,13-16H2,1H3. The van der Waals surface area contributed by atoms with Crippen LogP contribution in [-0.4, -0.2) is 41.5 Å². The van der Waals surface area contributed by atoms with Gasteiger partial charge < -0.3 is 5.11 Å². The Bertz CT molecular complexity index is 887. The van der Waals surface area contributed by atoms with Crippen molar-refractivity contribution < 1.29 is 14.7 Å². The lowest BCUT2D eigenvalue weighted by atomic mass is 9.88. The zero-order chi connectivity index (χ0) is 19.7. The summed E-state index contributed by atoms with van der Waals surface area (Å²) in [5.41, 5.74) is 0.993. The fourth-order valence-corrected chi connectivity index (χ4v) is 4.19. The molecule has 2 heterocycles. The number of likely N-dealkylation sites (tertiary alicyclic amines) is 1. The molecule has 1 saturated heterocycles. The molecule has 146 valence electrons. The fourth-order valence-electron chi connectivity index (χ4n) is 4.19. The number of anilines is 1. The highest BCUT2D eigenvalue weighted by Gasteiger charge is 2.51. The van der Waals surface area contributed by atoms with E-state index >= 15 is 0 Å². The maximum atomic E-state index is 13.3. The van der Waals surface area contributed by atoms with E-state index in [2.05, 4.69) is 4.90 Å². The van der Waals surface area contributed by atoms with Gasteiger partial charge >= 0.3 is 0 Å². The van der Waals surface area contributed by atoms with Crippen molar-refractivity contribution in [2.75, 3.05) is 24.7 Å². The van der Waals surface area contributed by atoms with E-state index in [4.69, 9.17) is 0 Å². The molecule has 0 bridgehead atoms. The average molecular weight is 378 g/mol. The minimum Gasteiger partial charge on any atom is -0.375 e. The van der Waals surface area contributed by atoms with Crippen LogP contribution in [0.15, 0.2) is 48.5 Å². The number of rotatable bonds is 5. The molecule has 2 aliphatic heterocycles. The van der Waals surface area contributed by atoms with Gasteiger partial charge in [0, 0.05) is 11.1 Å². The predicted octanol–water partition coefficient (Wildman–Crippen LogP) is 3.25. The van der Waals surface area contributed by atoms with Gasteiger partial charge in [-0.05, 0) is 38.9 Å². The first-order valence-corrected chi connectivity index (χ1v) is 9.95. The van der Waals surface area contributed by atoms with Gasteiger partial charge in [0.25, 0.3) is 5.91 Å². The Morgan fingerprint density at radius 1 is 1.04 bits per heavy atom. The van der Waals surface area contributed by atoms with Gasteiger partial charge in [-0.15, -0.1) is 0 Å². The Kier molecular flexibility index (Phi) is 5.04. The van der Waals surface area contributed by atoms with Gasteiger partial charge in [0.05, 0.1) is 18.8 Å². The molecular formula is C23H26N2O3. The second kappa shape index (κ2) is 7.49. The number of fused-ring (bicyclic) bond motifs is 1. The number of ketones is 1. The van der Waals surface area contributed by atoms with Crippen LogP contribution in [0.1, 0.15) is 47.2 Å². The topological polar surface area (TPSA) is 60.9 Å². The first kappa shape index (κ1) is 18.8. The van der Waals surface area contributed by atoms with Crippen LogP contribution in [0, 0.1) is 6.92 Å². The monoisotopic (exact) mass is 378 g/mol. The van der Waals surface area contributed by atoms with Crippen molar-refractivity contribution in [2.45, 2.75) is 38.2 Å². The summed E-state index contributed by atoms with van der Waals surface area (Å²) in [4.78, 5) is 30.0. The first-order valence-electron chi connectivity index (χ1n) is 9.95. The summed E-state index contributed by atoms with van der Waals surface area (Å²) in [5.74, 6) is -0.634. The van der Waals surface area contributed by atoms with Gasteiger partial charge in [-0.25, -0.2) is 0 Å². The van der Waals surface area contributed by atoms with Crippen molar-refractivity contribution in [2.24, 2.45) is 0 Å². The summed E-state index contributed by atoms with van der Waals surface area (Å²) in [6.07, 6.45) is 3.22. The van der Waals surface area contributed by atoms with Crippen LogP contribution in [0.5, 0.6) is 0 Å². The largest absolute Gasteiger partial charge is 0.375 e. The summed E-state index contributed by atoms with van der Waals surface area (Å²) < 4.78 is 0. The maximum Gasteiger partial charge on any atom is 0.265 e. The van der Waals surface area contributed by atoms with E-state index in [1.165, 1.54) is 6.42 Å². The number of aliphatic hydroxyl groups is 1. The molecule has 1 atom stereocenters. The van der Waals surface area contributed by atoms with E-state index in [1.54, 1.807) is 29.2 Å². The van der Waals surface area contributed by atoms with Crippen molar-refractivity contribution in [1.82, 2.24) is 4.90 Å². The molecule has 0 spiro atoms. The van der Waals surface area contributed by atoms with E-state index in [9.17, 15) is 14.7 Å². The molecule has 1 unspecified atom stereocenters. The Hall–Kier alpha value is -2.50. The van der Waals surface area contributed by atoms with Gasteiger partial charge in [-0.1, -0.05) is 54.4 Å². The Balaban J connectivity index is 1.61. The number of amides is 1. The number of carbonyl (C=O) groups excluding carboxylic acids is 2. The van der Waals surface area contributed by atoms with Crippen molar-refractivity contribution in [3.8, 4) is 0 Å². The van der Waals surface area contributed by atoms with Gasteiger partial charge in [-0.3, -0.25) is 19.4 Å². The molecule has 0 aromatic heterocycles. The van der Waals surface area contributed by atoms with E-state index in [1.807, 2.05) is 31.2 Å². The lowest BCUT2D eigenvalue weighted by molar-refractivity contribution is -0.136. The third-order valence-electron chi connectivity index (χ3n) is 5.82. The molecule has 0 saturated carbocycles. The molecule has 2 aliphatic rings. The summed E-state index contributed by atoms with van der Waals surface area (Å²) >= 11 is 0. The molecular weight excluding hydrogens is 352 g/mol. The Morgan fingerprint density at radius 3 is 2.43 bits per heavy atom. The van der Waals surface area contributed by atoms with E-state index in [-0.39, 0.29) is 12.2 Å². The number of carbonyl (C=O) groups is 2. The quantitative estimate of drug-likeness (QED) is 0.812. The SMILES string of the molecule is Cc1ccc(C(=O)CC2(O)C(=O)N(CN3CCCCC3)c3ccccc32)cc1. The fraction of sp³-hybridized carbons (Fsp3) is 0.391. The number of hydrogen-bond acceptors (Lipinski definition) is 4. The third kappa shape index (κ3) is 3.36. The van der Waals surface area contributed by atoms with Crippen LogP contribution < -0.4 is 4.90 Å². The number of piperidine rings is 1. The highest BCUT2D eigenvalue weighted by Crippen LogP contribution is 2.43. The summed E-state index contributed by atoms with van der Waals surface area (Å²) in [6, 6.07) is 14.5. The van der Waals surface area contributed by atoms with Crippen LogP contribution in [0.4, 0.5) is 5.69 Å². The Labute approximate surface area is 165 Å². The number of nitrogens with zero attached hydrogens (tertiary/aromatic N) is 2. The minimum atomic E-state index is -1.81. The van der Waals surface area contributed by atoms with E-state index in [0.29, 0.717) is 23.5 Å². The molecule has 5 nitrogen and oxygen atoms in total. The minimum absolute atomic E-state index is 0.231. The van der Waals surface area contributed by atoms with Crippen molar-refractivity contribution in [3.05, 3.63) is 65.2 Å². The zero-order valence-corrected chi connectivity index (χ0v) is 16.2. The second-order valence-corrected chi connectivity index (χ2v) is 7.90. The lowest BCUT2D eigenvalue weighted by Crippen LogP contribution is -2.47. The predicted molar refractivity (Wildman–Crippen MR) is 108 cm³/mol. The van der Waals surface area contributed by atoms with Gasteiger partial charge in [0.15, 0.2) is 11.4 Å². The summed E-state index contributed by atoms with van der Waals surface area (Å²) in [7, 11) is 0. The highest BCUT2D eigenvalue weighted by molar-refractivity contribution is 6.10. The number of hydrogen-bond donors (Lipinski definition) is 1. The molecule has 2 aromatic rings. The number of aryl methyl sites for hydroxylation is 1. The normalized spacial score (nSPS) is 22.4. The molecule has 28 heavy (non-hydrogen) atoms. The smallest absolute Gasteiger partial charge is 0.265 e. The highest BCUT2D eigenvalue weighted by atomic mass is 16.3. The third-order valence-corrected chi connectivity index (χ3v) is 5.82. The van der Waals surface area contributed by atoms with E-state index in [0.717, 1.165) is 31.5 Å². The van der Waals surface area contributed by atoms with Gasteiger partial charge in [-0.2, -0.15) is 0 Å². The van der Waals surface area contributed by atoms with E-state index < -0.39 is 11.5 Å². The molecule has 4 rings (SSSR count). The summed E-state index contributed by atoms with van der Waals surface area (Å²) in [6.45, 7) is 4.31. The van der Waals surface area contributed by atoms with Crippen LogP contribution in [0.2, 0.25) is 0 Å². The lowest BCUT2D eigenvalue weighted by Gasteiger charge is -2.31. The van der Waals surface area contributed by atoms with Crippen LogP contribution >= 0.6 is 0 Å². The van der Waals surface area contributed by atoms with Crippen LogP contribution in [-0.2, 0) is 10.4 Å². The Morgan fingerprint density at radius 2 is 1.71 bits per heavy atom. The molecule has 1 N–H and O–H groups in total. The molecule has 0 aliphatic carbocycles. The maximum absolute atomic E-state index is 13.3. The average Bonchev–Trinajstić information content (AvgIpc) is 2.91. The molecule has 1 amide bonds. The molecule has 1 fully saturated rings. The number of benzene rings is 2. The first-order chi connectivity index (χ1) is 13.5. The van der Waals surface area contributed by atoms with Crippen LogP contribution in [0.25, 0.3) is 0 Å². The van der Waals surface area contributed by atoms with Crippen LogP contribution in [0.3, 0.4) is 0 Å². The number of Topliss-reactive ketones (excluding diaryl/α,β-unsaturated/α-hetero) is 1. The van der Waals surface area contributed by atoms with Gasteiger partial charge in [0.2, 0.25) is 0 Å². The van der Waals surface area contributed by atoms with Crippen molar-refractivity contribution in [3.63, 3.8) is 0 Å². The second-order valence-electron chi connectivity index (χ2n) is 7.90. The number of para-hydroxylation sites is 1. The summed E-state index contributed by atoms with van der Waals surface area (Å²) in [5, 5.41) is 11.4. The molecule has 0 radical (unpaired) electrons.